The monoisotopic (exact) mass is 473 g/mol. The Hall–Kier alpha value is -3.11. The van der Waals surface area contributed by atoms with E-state index in [1.807, 2.05) is 38.1 Å². The number of nitrogens with zero attached hydrogens (tertiary/aromatic N) is 1. The van der Waals surface area contributed by atoms with Gasteiger partial charge in [0.25, 0.3) is 5.56 Å². The first-order chi connectivity index (χ1) is 15.3. The van der Waals surface area contributed by atoms with E-state index in [-0.39, 0.29) is 21.7 Å². The molecule has 168 valence electrons. The number of aromatic nitrogens is 2. The molecule has 3 aromatic rings. The third-order valence-electron chi connectivity index (χ3n) is 4.43. The van der Waals surface area contributed by atoms with Gasteiger partial charge in [0.15, 0.2) is 10.1 Å². The van der Waals surface area contributed by atoms with Crippen molar-refractivity contribution in [2.75, 3.05) is 12.4 Å². The van der Waals surface area contributed by atoms with Crippen LogP contribution < -0.4 is 15.6 Å². The molecule has 2 aromatic carbocycles. The van der Waals surface area contributed by atoms with Gasteiger partial charge < -0.3 is 15.0 Å². The summed E-state index contributed by atoms with van der Waals surface area (Å²) < 4.78 is 30.8. The fourth-order valence-electron chi connectivity index (χ4n) is 2.73. The second-order valence-corrected chi connectivity index (χ2v) is 9.72. The molecule has 0 aliphatic carbocycles. The lowest BCUT2D eigenvalue weighted by Crippen LogP contribution is -2.25. The Labute approximate surface area is 190 Å². The van der Waals surface area contributed by atoms with Gasteiger partial charge in [-0.15, -0.1) is 0 Å². The fourth-order valence-corrected chi connectivity index (χ4v) is 4.63. The number of carbonyl (C=O) groups excluding carboxylic acids is 1. The van der Waals surface area contributed by atoms with Crippen molar-refractivity contribution in [3.63, 3.8) is 0 Å². The van der Waals surface area contributed by atoms with Gasteiger partial charge in [-0.05, 0) is 43.7 Å². The van der Waals surface area contributed by atoms with Gasteiger partial charge in [-0.1, -0.05) is 41.6 Å². The number of amides is 1. The van der Waals surface area contributed by atoms with Crippen LogP contribution in [0.4, 0.5) is 0 Å². The average molecular weight is 474 g/mol. The predicted octanol–water partition coefficient (Wildman–Crippen LogP) is 2.72. The highest BCUT2D eigenvalue weighted by molar-refractivity contribution is 7.99. The van der Waals surface area contributed by atoms with Gasteiger partial charge in [0.1, 0.15) is 5.75 Å². The molecule has 1 aromatic heterocycles. The molecule has 0 aliphatic rings. The van der Waals surface area contributed by atoms with E-state index in [0.29, 0.717) is 18.9 Å². The maximum atomic E-state index is 12.8. The second kappa shape index (κ2) is 10.5. The van der Waals surface area contributed by atoms with Crippen molar-refractivity contribution in [3.05, 3.63) is 76.2 Å². The first kappa shape index (κ1) is 23.6. The van der Waals surface area contributed by atoms with Crippen molar-refractivity contribution in [1.29, 1.82) is 0 Å². The van der Waals surface area contributed by atoms with Crippen LogP contribution in [0.25, 0.3) is 0 Å². The number of thioether (sulfide) groups is 1. The minimum Gasteiger partial charge on any atom is -0.494 e. The number of nitrogens with one attached hydrogen (secondary N) is 2. The lowest BCUT2D eigenvalue weighted by molar-refractivity contribution is -0.118. The molecular formula is C22H23N3O5S2. The van der Waals surface area contributed by atoms with Crippen LogP contribution in [0.3, 0.4) is 0 Å². The molecule has 3 rings (SSSR count). The summed E-state index contributed by atoms with van der Waals surface area (Å²) in [5.41, 5.74) is 1.32. The van der Waals surface area contributed by atoms with Crippen LogP contribution in [0.5, 0.6) is 5.75 Å². The number of rotatable bonds is 9. The van der Waals surface area contributed by atoms with Crippen LogP contribution in [-0.2, 0) is 21.2 Å². The van der Waals surface area contributed by atoms with Gasteiger partial charge in [0.2, 0.25) is 15.7 Å². The van der Waals surface area contributed by atoms with Crippen LogP contribution >= 0.6 is 11.8 Å². The van der Waals surface area contributed by atoms with Gasteiger partial charge >= 0.3 is 0 Å². The van der Waals surface area contributed by atoms with E-state index < -0.39 is 20.3 Å². The van der Waals surface area contributed by atoms with Gasteiger partial charge in [0, 0.05) is 6.54 Å². The quantitative estimate of drug-likeness (QED) is 0.362. The molecule has 0 radical (unpaired) electrons. The number of hydrogen-bond donors (Lipinski definition) is 2. The van der Waals surface area contributed by atoms with E-state index in [0.717, 1.165) is 29.1 Å². The molecule has 0 spiro atoms. The molecule has 10 heteroatoms. The highest BCUT2D eigenvalue weighted by Crippen LogP contribution is 2.21. The van der Waals surface area contributed by atoms with E-state index >= 15 is 0 Å². The minimum absolute atomic E-state index is 0.0276. The topological polar surface area (TPSA) is 118 Å². The number of H-pyrrole nitrogens is 1. The van der Waals surface area contributed by atoms with Gasteiger partial charge in [-0.25, -0.2) is 13.4 Å². The second-order valence-electron chi connectivity index (χ2n) is 6.84. The van der Waals surface area contributed by atoms with Crippen LogP contribution in [-0.4, -0.2) is 36.7 Å². The van der Waals surface area contributed by atoms with E-state index in [1.165, 1.54) is 24.3 Å². The Bertz CT molecular complexity index is 1240. The maximum absolute atomic E-state index is 12.8. The highest BCUT2D eigenvalue weighted by atomic mass is 32.2. The minimum atomic E-state index is -4.04. The summed E-state index contributed by atoms with van der Waals surface area (Å²) in [6.07, 6.45) is 1.01. The molecule has 32 heavy (non-hydrogen) atoms. The SMILES string of the molecule is CCOc1ccc(S(=O)(=O)c2cnc(SCC(=O)NCc3ccc(C)cc3)[nH]c2=O)cc1. The standard InChI is InChI=1S/C22H23N3O5S2/c1-3-30-17-8-10-18(11-9-17)32(28,29)19-13-24-22(25-21(19)27)31-14-20(26)23-12-16-6-4-15(2)5-7-16/h4-11,13H,3,12,14H2,1-2H3,(H,23,26)(H,24,25,27). The Balaban J connectivity index is 1.62. The lowest BCUT2D eigenvalue weighted by atomic mass is 10.1. The fraction of sp³-hybridized carbons (Fsp3) is 0.227. The first-order valence-corrected chi connectivity index (χ1v) is 12.3. The van der Waals surface area contributed by atoms with Crippen LogP contribution in [0.15, 0.2) is 74.5 Å². The normalized spacial score (nSPS) is 11.2. The molecule has 0 aliphatic heterocycles. The van der Waals surface area contributed by atoms with Gasteiger partial charge in [-0.2, -0.15) is 0 Å². The molecule has 8 nitrogen and oxygen atoms in total. The van der Waals surface area contributed by atoms with Gasteiger partial charge in [0.05, 0.1) is 23.5 Å². The number of aromatic amines is 1. The van der Waals surface area contributed by atoms with Crippen molar-refractivity contribution in [1.82, 2.24) is 15.3 Å². The molecule has 1 amide bonds. The van der Waals surface area contributed by atoms with Crippen LogP contribution in [0.2, 0.25) is 0 Å². The molecule has 0 bridgehead atoms. The summed E-state index contributed by atoms with van der Waals surface area (Å²) in [5.74, 6) is 0.329. The molecular weight excluding hydrogens is 450 g/mol. The number of benzene rings is 2. The number of sulfone groups is 1. The largest absolute Gasteiger partial charge is 0.494 e. The summed E-state index contributed by atoms with van der Waals surface area (Å²) in [5, 5.41) is 2.95. The van der Waals surface area contributed by atoms with Crippen molar-refractivity contribution in [2.45, 2.75) is 35.3 Å². The lowest BCUT2D eigenvalue weighted by Gasteiger charge is -2.07. The summed E-state index contributed by atoms with van der Waals surface area (Å²) >= 11 is 1.01. The smallest absolute Gasteiger partial charge is 0.270 e. The van der Waals surface area contributed by atoms with Crippen molar-refractivity contribution in [2.24, 2.45) is 0 Å². The molecule has 2 N–H and O–H groups in total. The number of ether oxygens (including phenoxy) is 1. The van der Waals surface area contributed by atoms with Crippen LogP contribution in [0.1, 0.15) is 18.1 Å². The van der Waals surface area contributed by atoms with Gasteiger partial charge in [-0.3, -0.25) is 9.59 Å². The number of aryl methyl sites for hydroxylation is 1. The van der Waals surface area contributed by atoms with E-state index in [2.05, 4.69) is 15.3 Å². The molecule has 0 saturated heterocycles. The number of carbonyl (C=O) groups is 1. The van der Waals surface area contributed by atoms with Crippen molar-refractivity contribution in [3.8, 4) is 5.75 Å². The van der Waals surface area contributed by atoms with E-state index in [9.17, 15) is 18.0 Å². The molecule has 0 saturated carbocycles. The Morgan fingerprint density at radius 2 is 1.81 bits per heavy atom. The zero-order valence-corrected chi connectivity index (χ0v) is 19.3. The van der Waals surface area contributed by atoms with Crippen molar-refractivity contribution >= 4 is 27.5 Å². The molecule has 1 heterocycles. The Morgan fingerprint density at radius 3 is 2.44 bits per heavy atom. The number of hydrogen-bond acceptors (Lipinski definition) is 7. The van der Waals surface area contributed by atoms with E-state index in [1.54, 1.807) is 0 Å². The Kier molecular flexibility index (Phi) is 7.70. The zero-order chi connectivity index (χ0) is 23.1. The third kappa shape index (κ3) is 5.98. The average Bonchev–Trinajstić information content (AvgIpc) is 2.78. The highest BCUT2D eigenvalue weighted by Gasteiger charge is 2.22. The summed E-state index contributed by atoms with van der Waals surface area (Å²) in [7, 11) is -4.04. The van der Waals surface area contributed by atoms with E-state index in [4.69, 9.17) is 4.74 Å². The summed E-state index contributed by atoms with van der Waals surface area (Å²) in [6.45, 7) is 4.66. The summed E-state index contributed by atoms with van der Waals surface area (Å²) in [4.78, 5) is 30.4. The van der Waals surface area contributed by atoms with Crippen molar-refractivity contribution < 1.29 is 17.9 Å². The molecule has 0 atom stereocenters. The third-order valence-corrected chi connectivity index (χ3v) is 7.08. The Morgan fingerprint density at radius 1 is 1.12 bits per heavy atom. The summed E-state index contributed by atoms with van der Waals surface area (Å²) in [6, 6.07) is 13.6. The molecule has 0 fully saturated rings. The van der Waals surface area contributed by atoms with Crippen LogP contribution in [0, 0.1) is 6.92 Å². The maximum Gasteiger partial charge on any atom is 0.270 e. The first-order valence-electron chi connectivity index (χ1n) is 9.82. The predicted molar refractivity (Wildman–Crippen MR) is 122 cm³/mol. The zero-order valence-electron chi connectivity index (χ0n) is 17.6. The molecule has 0 unspecified atom stereocenters.